The average molecular weight is 203 g/mol. The Bertz CT molecular complexity index is 113. The first kappa shape index (κ1) is 13.3. The molecule has 0 aromatic rings. The summed E-state index contributed by atoms with van der Waals surface area (Å²) in [6, 6.07) is 0.657. The zero-order chi connectivity index (χ0) is 10.3. The van der Waals surface area contributed by atoms with Gasteiger partial charge >= 0.3 is 0 Å². The van der Waals surface area contributed by atoms with Gasteiger partial charge in [-0.15, -0.1) is 0 Å². The zero-order valence-electron chi connectivity index (χ0n) is 9.81. The van der Waals surface area contributed by atoms with Crippen LogP contribution in [0.2, 0.25) is 0 Å². The molecule has 0 radical (unpaired) electrons. The minimum atomic E-state index is 0.462. The van der Waals surface area contributed by atoms with Crippen LogP contribution in [0.15, 0.2) is 0 Å². The Morgan fingerprint density at radius 2 is 1.77 bits per heavy atom. The molecule has 0 aliphatic carbocycles. The van der Waals surface area contributed by atoms with Crippen molar-refractivity contribution in [2.45, 2.75) is 57.7 Å². The van der Waals surface area contributed by atoms with Crippen LogP contribution in [-0.4, -0.2) is 23.6 Å². The van der Waals surface area contributed by atoms with Crippen molar-refractivity contribution in [1.29, 1.82) is 0 Å². The monoisotopic (exact) mass is 203 g/mol. The van der Waals surface area contributed by atoms with Crippen molar-refractivity contribution in [2.24, 2.45) is 0 Å². The van der Waals surface area contributed by atoms with E-state index in [4.69, 9.17) is 0 Å². The highest BCUT2D eigenvalue weighted by molar-refractivity contribution is 8.00. The van der Waals surface area contributed by atoms with E-state index in [9.17, 15) is 0 Å². The molecule has 0 aliphatic rings. The smallest absolute Gasteiger partial charge is 0.0276 e. The van der Waals surface area contributed by atoms with Crippen LogP contribution >= 0.6 is 11.8 Å². The SMILES string of the molecule is CCC(C)NCC(CC)(CC)SC. The number of nitrogens with one attached hydrogen (secondary N) is 1. The van der Waals surface area contributed by atoms with Gasteiger partial charge < -0.3 is 5.32 Å². The van der Waals surface area contributed by atoms with E-state index in [1.807, 2.05) is 11.8 Å². The predicted octanol–water partition coefficient (Wildman–Crippen LogP) is 3.30. The van der Waals surface area contributed by atoms with E-state index in [0.717, 1.165) is 6.54 Å². The molecule has 2 heteroatoms. The Hall–Kier alpha value is 0.310. The van der Waals surface area contributed by atoms with Crippen LogP contribution in [0.1, 0.15) is 47.0 Å². The maximum atomic E-state index is 3.61. The molecule has 0 rings (SSSR count). The third kappa shape index (κ3) is 4.37. The molecule has 0 amide bonds. The summed E-state index contributed by atoms with van der Waals surface area (Å²) in [5, 5.41) is 3.61. The second kappa shape index (κ2) is 6.72. The van der Waals surface area contributed by atoms with Crippen LogP contribution < -0.4 is 5.32 Å². The van der Waals surface area contributed by atoms with Crippen LogP contribution in [0, 0.1) is 0 Å². The first-order chi connectivity index (χ1) is 6.14. The van der Waals surface area contributed by atoms with Crippen LogP contribution in [0.25, 0.3) is 0 Å². The lowest BCUT2D eigenvalue weighted by Crippen LogP contribution is -2.40. The summed E-state index contributed by atoms with van der Waals surface area (Å²) in [6.07, 6.45) is 5.96. The Balaban J connectivity index is 3.95. The van der Waals surface area contributed by atoms with Crippen molar-refractivity contribution in [3.8, 4) is 0 Å². The van der Waals surface area contributed by atoms with Gasteiger partial charge in [-0.05, 0) is 32.4 Å². The van der Waals surface area contributed by atoms with Gasteiger partial charge in [-0.1, -0.05) is 20.8 Å². The molecule has 0 saturated heterocycles. The molecular formula is C11H25NS. The lowest BCUT2D eigenvalue weighted by molar-refractivity contribution is 0.446. The van der Waals surface area contributed by atoms with Crippen molar-refractivity contribution in [3.63, 3.8) is 0 Å². The largest absolute Gasteiger partial charge is 0.313 e. The van der Waals surface area contributed by atoms with Gasteiger partial charge in [0.2, 0.25) is 0 Å². The summed E-state index contributed by atoms with van der Waals surface area (Å²) >= 11 is 2.01. The van der Waals surface area contributed by atoms with E-state index in [-0.39, 0.29) is 0 Å². The molecule has 0 aliphatic heterocycles. The first-order valence-corrected chi connectivity index (χ1v) is 6.65. The summed E-state index contributed by atoms with van der Waals surface area (Å²) in [5.41, 5.74) is 0. The van der Waals surface area contributed by atoms with Crippen molar-refractivity contribution >= 4 is 11.8 Å². The summed E-state index contributed by atoms with van der Waals surface area (Å²) in [4.78, 5) is 0. The van der Waals surface area contributed by atoms with Gasteiger partial charge in [0.15, 0.2) is 0 Å². The van der Waals surface area contributed by atoms with Crippen molar-refractivity contribution in [3.05, 3.63) is 0 Å². The van der Waals surface area contributed by atoms with Crippen LogP contribution in [0.5, 0.6) is 0 Å². The Morgan fingerprint density at radius 1 is 1.23 bits per heavy atom. The molecule has 0 spiro atoms. The van der Waals surface area contributed by atoms with Gasteiger partial charge in [-0.3, -0.25) is 0 Å². The summed E-state index contributed by atoms with van der Waals surface area (Å²) < 4.78 is 0.462. The highest BCUT2D eigenvalue weighted by Gasteiger charge is 2.24. The second-order valence-electron chi connectivity index (χ2n) is 3.78. The fraction of sp³-hybridized carbons (Fsp3) is 1.00. The number of hydrogen-bond donors (Lipinski definition) is 1. The molecule has 0 aromatic carbocycles. The third-order valence-electron chi connectivity index (χ3n) is 3.11. The molecule has 0 heterocycles. The highest BCUT2D eigenvalue weighted by Crippen LogP contribution is 2.29. The minimum Gasteiger partial charge on any atom is -0.313 e. The van der Waals surface area contributed by atoms with Crippen molar-refractivity contribution in [2.75, 3.05) is 12.8 Å². The van der Waals surface area contributed by atoms with Gasteiger partial charge in [0.1, 0.15) is 0 Å². The second-order valence-corrected chi connectivity index (χ2v) is 5.06. The van der Waals surface area contributed by atoms with Gasteiger partial charge in [0.25, 0.3) is 0 Å². The molecule has 0 saturated carbocycles. The van der Waals surface area contributed by atoms with E-state index in [0.29, 0.717) is 10.8 Å². The van der Waals surface area contributed by atoms with Crippen molar-refractivity contribution < 1.29 is 0 Å². The average Bonchev–Trinajstić information content (AvgIpc) is 2.20. The lowest BCUT2D eigenvalue weighted by Gasteiger charge is -2.31. The third-order valence-corrected chi connectivity index (χ3v) is 4.69. The van der Waals surface area contributed by atoms with E-state index < -0.39 is 0 Å². The molecule has 0 fully saturated rings. The van der Waals surface area contributed by atoms with E-state index >= 15 is 0 Å². The first-order valence-electron chi connectivity index (χ1n) is 5.42. The summed E-state index contributed by atoms with van der Waals surface area (Å²) in [5.74, 6) is 0. The fourth-order valence-electron chi connectivity index (χ4n) is 1.37. The fourth-order valence-corrected chi connectivity index (χ4v) is 2.17. The molecule has 1 nitrogen and oxygen atoms in total. The van der Waals surface area contributed by atoms with Gasteiger partial charge in [-0.2, -0.15) is 11.8 Å². The Kier molecular flexibility index (Phi) is 6.88. The van der Waals surface area contributed by atoms with Crippen molar-refractivity contribution in [1.82, 2.24) is 5.32 Å². The minimum absolute atomic E-state index is 0.462. The molecule has 1 N–H and O–H groups in total. The molecule has 1 atom stereocenters. The molecule has 1 unspecified atom stereocenters. The molecule has 13 heavy (non-hydrogen) atoms. The zero-order valence-corrected chi connectivity index (χ0v) is 10.6. The maximum absolute atomic E-state index is 3.61. The summed E-state index contributed by atoms with van der Waals surface area (Å²) in [6.45, 7) is 10.2. The van der Waals surface area contributed by atoms with Gasteiger partial charge in [-0.25, -0.2) is 0 Å². The quantitative estimate of drug-likeness (QED) is 0.681. The lowest BCUT2D eigenvalue weighted by atomic mass is 10.0. The molecule has 80 valence electrons. The maximum Gasteiger partial charge on any atom is 0.0276 e. The Labute approximate surface area is 88.1 Å². The highest BCUT2D eigenvalue weighted by atomic mass is 32.2. The number of rotatable bonds is 7. The topological polar surface area (TPSA) is 12.0 Å². The predicted molar refractivity (Wildman–Crippen MR) is 64.6 cm³/mol. The summed E-state index contributed by atoms with van der Waals surface area (Å²) in [7, 11) is 0. The van der Waals surface area contributed by atoms with Gasteiger partial charge in [0, 0.05) is 17.3 Å². The van der Waals surface area contributed by atoms with Gasteiger partial charge in [0.05, 0.1) is 0 Å². The molecule has 0 bridgehead atoms. The molecule has 0 aromatic heterocycles. The standard InChI is InChI=1S/C11H25NS/c1-6-10(4)12-9-11(7-2,8-3)13-5/h10,12H,6-9H2,1-5H3. The molecular weight excluding hydrogens is 178 g/mol. The van der Waals surface area contributed by atoms with E-state index in [2.05, 4.69) is 39.3 Å². The Morgan fingerprint density at radius 3 is 2.08 bits per heavy atom. The van der Waals surface area contributed by atoms with Crippen LogP contribution in [0.4, 0.5) is 0 Å². The van der Waals surface area contributed by atoms with E-state index in [1.165, 1.54) is 19.3 Å². The van der Waals surface area contributed by atoms with E-state index in [1.54, 1.807) is 0 Å². The van der Waals surface area contributed by atoms with Crippen LogP contribution in [-0.2, 0) is 0 Å². The number of hydrogen-bond acceptors (Lipinski definition) is 2. The number of thioether (sulfide) groups is 1. The normalized spacial score (nSPS) is 14.5. The van der Waals surface area contributed by atoms with Crippen LogP contribution in [0.3, 0.4) is 0 Å².